The number of rotatable bonds is 1. The third-order valence-corrected chi connectivity index (χ3v) is 2.85. The van der Waals surface area contributed by atoms with Crippen molar-refractivity contribution in [3.05, 3.63) is 48.0 Å². The van der Waals surface area contributed by atoms with Crippen molar-refractivity contribution >= 4 is 16.8 Å². The fraction of sp³-hybridized carbons (Fsp3) is 0.0714. The lowest BCUT2D eigenvalue weighted by molar-refractivity contribution is 0.460. The zero-order valence-corrected chi connectivity index (χ0v) is 9.47. The maximum Gasteiger partial charge on any atom is 0.174 e. The van der Waals surface area contributed by atoms with Crippen LogP contribution in [0.1, 0.15) is 5.56 Å². The Labute approximate surface area is 98.8 Å². The first-order chi connectivity index (χ1) is 8.24. The third-order valence-electron chi connectivity index (χ3n) is 2.85. The van der Waals surface area contributed by atoms with Gasteiger partial charge < -0.3 is 10.3 Å². The van der Waals surface area contributed by atoms with Crippen molar-refractivity contribution in [2.24, 2.45) is 0 Å². The van der Waals surface area contributed by atoms with Gasteiger partial charge in [0.05, 0.1) is 5.39 Å². The summed E-state index contributed by atoms with van der Waals surface area (Å²) < 4.78 is 5.09. The van der Waals surface area contributed by atoms with Crippen LogP contribution in [-0.2, 0) is 0 Å². The monoisotopic (exact) mass is 224 g/mol. The van der Waals surface area contributed by atoms with Crippen molar-refractivity contribution in [3.63, 3.8) is 0 Å². The molecule has 3 nitrogen and oxygen atoms in total. The van der Waals surface area contributed by atoms with Gasteiger partial charge in [-0.2, -0.15) is 0 Å². The van der Waals surface area contributed by atoms with Crippen molar-refractivity contribution in [2.45, 2.75) is 6.92 Å². The first-order valence-electron chi connectivity index (χ1n) is 5.46. The number of fused-ring (bicyclic) bond motifs is 1. The molecule has 0 saturated heterocycles. The van der Waals surface area contributed by atoms with Gasteiger partial charge in [-0.1, -0.05) is 41.1 Å². The Morgan fingerprint density at radius 3 is 2.71 bits per heavy atom. The van der Waals surface area contributed by atoms with Crippen molar-refractivity contribution in [3.8, 4) is 11.1 Å². The molecule has 1 heterocycles. The fourth-order valence-corrected chi connectivity index (χ4v) is 1.96. The van der Waals surface area contributed by atoms with E-state index in [-0.39, 0.29) is 0 Å². The molecule has 1 aromatic heterocycles. The van der Waals surface area contributed by atoms with Crippen LogP contribution < -0.4 is 5.73 Å². The summed E-state index contributed by atoms with van der Waals surface area (Å²) in [6.45, 7) is 2.08. The molecule has 0 unspecified atom stereocenters. The van der Waals surface area contributed by atoms with E-state index in [1.807, 2.05) is 24.3 Å². The van der Waals surface area contributed by atoms with Crippen LogP contribution >= 0.6 is 0 Å². The largest absolute Gasteiger partial charge is 0.380 e. The van der Waals surface area contributed by atoms with E-state index in [9.17, 15) is 0 Å². The summed E-state index contributed by atoms with van der Waals surface area (Å²) in [5, 5.41) is 4.62. The molecule has 0 bridgehead atoms. The number of nitrogen functional groups attached to an aromatic ring is 1. The summed E-state index contributed by atoms with van der Waals surface area (Å²) in [5.41, 5.74) is 10.0. The molecule has 0 spiro atoms. The molecular weight excluding hydrogens is 212 g/mol. The minimum absolute atomic E-state index is 0.439. The molecule has 2 aromatic carbocycles. The fourth-order valence-electron chi connectivity index (χ4n) is 1.96. The van der Waals surface area contributed by atoms with E-state index in [0.29, 0.717) is 5.82 Å². The highest BCUT2D eigenvalue weighted by Crippen LogP contribution is 2.27. The standard InChI is InChI=1S/C14H12N2O/c1-9-3-2-4-10(7-9)11-5-6-13-12(8-11)14(15)16-17-13/h2-8H,1H3,(H2,15,16). The highest BCUT2D eigenvalue weighted by molar-refractivity contribution is 5.90. The lowest BCUT2D eigenvalue weighted by Crippen LogP contribution is -1.84. The lowest BCUT2D eigenvalue weighted by atomic mass is 10.0. The van der Waals surface area contributed by atoms with Crippen LogP contribution in [0.15, 0.2) is 47.0 Å². The van der Waals surface area contributed by atoms with Crippen molar-refractivity contribution in [2.75, 3.05) is 5.73 Å². The van der Waals surface area contributed by atoms with E-state index in [1.165, 1.54) is 11.1 Å². The van der Waals surface area contributed by atoms with Crippen LogP contribution in [0.4, 0.5) is 5.82 Å². The number of anilines is 1. The van der Waals surface area contributed by atoms with Gasteiger partial charge in [0, 0.05) is 0 Å². The van der Waals surface area contributed by atoms with Crippen LogP contribution in [0.5, 0.6) is 0 Å². The lowest BCUT2D eigenvalue weighted by Gasteiger charge is -2.02. The summed E-state index contributed by atoms with van der Waals surface area (Å²) in [6.07, 6.45) is 0. The van der Waals surface area contributed by atoms with Crippen LogP contribution in [0, 0.1) is 6.92 Å². The van der Waals surface area contributed by atoms with E-state index in [4.69, 9.17) is 10.3 Å². The van der Waals surface area contributed by atoms with Gasteiger partial charge in [0.2, 0.25) is 0 Å². The number of benzene rings is 2. The Balaban J connectivity index is 2.20. The van der Waals surface area contributed by atoms with E-state index < -0.39 is 0 Å². The molecule has 0 radical (unpaired) electrons. The van der Waals surface area contributed by atoms with Gasteiger partial charge in [-0.25, -0.2) is 0 Å². The number of hydrogen-bond donors (Lipinski definition) is 1. The minimum Gasteiger partial charge on any atom is -0.380 e. The Morgan fingerprint density at radius 2 is 1.88 bits per heavy atom. The number of nitrogens with two attached hydrogens (primary N) is 1. The summed E-state index contributed by atoms with van der Waals surface area (Å²) in [7, 11) is 0. The molecule has 0 amide bonds. The summed E-state index contributed by atoms with van der Waals surface area (Å²) >= 11 is 0. The average molecular weight is 224 g/mol. The Hall–Kier alpha value is -2.29. The Bertz CT molecular complexity index is 686. The predicted octanol–water partition coefficient (Wildman–Crippen LogP) is 3.39. The smallest absolute Gasteiger partial charge is 0.174 e. The number of aromatic nitrogens is 1. The van der Waals surface area contributed by atoms with Crippen molar-refractivity contribution in [1.29, 1.82) is 0 Å². The first kappa shape index (κ1) is 9.90. The van der Waals surface area contributed by atoms with E-state index in [1.54, 1.807) is 0 Å². The van der Waals surface area contributed by atoms with E-state index >= 15 is 0 Å². The SMILES string of the molecule is Cc1cccc(-c2ccc3onc(N)c3c2)c1. The van der Waals surface area contributed by atoms with Gasteiger partial charge in [0.15, 0.2) is 11.4 Å². The maximum absolute atomic E-state index is 5.75. The van der Waals surface area contributed by atoms with Gasteiger partial charge in [-0.15, -0.1) is 0 Å². The highest BCUT2D eigenvalue weighted by atomic mass is 16.5. The van der Waals surface area contributed by atoms with Gasteiger partial charge in [0.1, 0.15) is 0 Å². The highest BCUT2D eigenvalue weighted by Gasteiger charge is 2.06. The van der Waals surface area contributed by atoms with E-state index in [2.05, 4.69) is 30.3 Å². The second-order valence-electron chi connectivity index (χ2n) is 4.15. The van der Waals surface area contributed by atoms with Crippen molar-refractivity contribution in [1.82, 2.24) is 5.16 Å². The maximum atomic E-state index is 5.75. The summed E-state index contributed by atoms with van der Waals surface area (Å²) in [5.74, 6) is 0.439. The first-order valence-corrected chi connectivity index (χ1v) is 5.46. The zero-order chi connectivity index (χ0) is 11.8. The number of hydrogen-bond acceptors (Lipinski definition) is 3. The molecule has 0 aliphatic heterocycles. The minimum atomic E-state index is 0.439. The van der Waals surface area contributed by atoms with Crippen LogP contribution in [0.2, 0.25) is 0 Å². The molecule has 0 atom stereocenters. The van der Waals surface area contributed by atoms with Crippen LogP contribution in [0.3, 0.4) is 0 Å². The average Bonchev–Trinajstić information content (AvgIpc) is 2.71. The molecule has 0 fully saturated rings. The van der Waals surface area contributed by atoms with Gasteiger partial charge in [0.25, 0.3) is 0 Å². The molecule has 2 N–H and O–H groups in total. The molecule has 84 valence electrons. The van der Waals surface area contributed by atoms with Gasteiger partial charge >= 0.3 is 0 Å². The topological polar surface area (TPSA) is 52.0 Å². The summed E-state index contributed by atoms with van der Waals surface area (Å²) in [6, 6.07) is 14.3. The van der Waals surface area contributed by atoms with Gasteiger partial charge in [-0.05, 0) is 30.2 Å². The second kappa shape index (κ2) is 3.63. The molecule has 0 aliphatic carbocycles. The Kier molecular flexibility index (Phi) is 2.11. The normalized spacial score (nSPS) is 10.9. The summed E-state index contributed by atoms with van der Waals surface area (Å²) in [4.78, 5) is 0. The number of aryl methyl sites for hydroxylation is 1. The molecular formula is C14H12N2O. The van der Waals surface area contributed by atoms with Crippen molar-refractivity contribution < 1.29 is 4.52 Å². The molecule has 0 aliphatic rings. The molecule has 0 saturated carbocycles. The number of nitrogens with zero attached hydrogens (tertiary/aromatic N) is 1. The quantitative estimate of drug-likeness (QED) is 0.689. The van der Waals surface area contributed by atoms with E-state index in [0.717, 1.165) is 16.5 Å². The molecule has 3 aromatic rings. The van der Waals surface area contributed by atoms with Crippen LogP contribution in [0.25, 0.3) is 22.1 Å². The third kappa shape index (κ3) is 1.65. The van der Waals surface area contributed by atoms with Gasteiger partial charge in [-0.3, -0.25) is 0 Å². The predicted molar refractivity (Wildman–Crippen MR) is 68.6 cm³/mol. The Morgan fingerprint density at radius 1 is 1.06 bits per heavy atom. The molecule has 3 heteroatoms. The molecule has 17 heavy (non-hydrogen) atoms. The zero-order valence-electron chi connectivity index (χ0n) is 9.47. The van der Waals surface area contributed by atoms with Crippen LogP contribution in [-0.4, -0.2) is 5.16 Å². The molecule has 3 rings (SSSR count). The second-order valence-corrected chi connectivity index (χ2v) is 4.15.